The number of hydrogen-bond donors (Lipinski definition) is 3. The van der Waals surface area contributed by atoms with Crippen molar-refractivity contribution in [3.8, 4) is 0 Å². The van der Waals surface area contributed by atoms with Crippen LogP contribution in [0.3, 0.4) is 0 Å². The van der Waals surface area contributed by atoms with Gasteiger partial charge in [-0.05, 0) is 23.1 Å². The molecule has 0 saturated carbocycles. The Bertz CT molecular complexity index is 408. The van der Waals surface area contributed by atoms with Gasteiger partial charge >= 0.3 is 0 Å². The zero-order chi connectivity index (χ0) is 9.26. The Kier molecular flexibility index (Phi) is 2.04. The maximum atomic E-state index is 9.49. The van der Waals surface area contributed by atoms with Gasteiger partial charge < -0.3 is 15.8 Å². The Balaban J connectivity index is 2.48. The predicted octanol–water partition coefficient (Wildman–Crippen LogP) is 1.16. The Hall–Kier alpha value is -1.32. The highest BCUT2D eigenvalue weighted by molar-refractivity contribution is 5.79. The van der Waals surface area contributed by atoms with Gasteiger partial charge in [-0.15, -0.1) is 0 Å². The zero-order valence-corrected chi connectivity index (χ0v) is 7.20. The van der Waals surface area contributed by atoms with Crippen LogP contribution in [0.4, 0.5) is 0 Å². The molecule has 1 unspecified atom stereocenters. The molecule has 0 bridgehead atoms. The van der Waals surface area contributed by atoms with Crippen LogP contribution >= 0.6 is 0 Å². The molecule has 0 saturated heterocycles. The zero-order valence-electron chi connectivity index (χ0n) is 7.20. The summed E-state index contributed by atoms with van der Waals surface area (Å²) in [5.74, 6) is 0. The Labute approximate surface area is 76.2 Å². The molecule has 0 aliphatic carbocycles. The van der Waals surface area contributed by atoms with E-state index in [4.69, 9.17) is 5.73 Å². The summed E-state index contributed by atoms with van der Waals surface area (Å²) < 4.78 is 0. The van der Waals surface area contributed by atoms with Gasteiger partial charge in [0, 0.05) is 18.3 Å². The second-order valence-corrected chi connectivity index (χ2v) is 3.08. The molecule has 0 aliphatic heterocycles. The van der Waals surface area contributed by atoms with E-state index in [2.05, 4.69) is 4.98 Å². The predicted molar refractivity (Wildman–Crippen MR) is 52.3 cm³/mol. The van der Waals surface area contributed by atoms with Gasteiger partial charge in [0.1, 0.15) is 0 Å². The van der Waals surface area contributed by atoms with Gasteiger partial charge in [0.25, 0.3) is 0 Å². The number of aromatic amines is 1. The third kappa shape index (κ3) is 1.43. The molecule has 3 nitrogen and oxygen atoms in total. The maximum Gasteiger partial charge on any atom is 0.0912 e. The first-order valence-electron chi connectivity index (χ1n) is 4.26. The number of nitrogens with two attached hydrogens (primary N) is 1. The van der Waals surface area contributed by atoms with Crippen LogP contribution < -0.4 is 5.73 Å². The normalized spacial score (nSPS) is 13.4. The molecular formula is C10H12N2O. The van der Waals surface area contributed by atoms with E-state index in [0.29, 0.717) is 0 Å². The molecule has 4 N–H and O–H groups in total. The average molecular weight is 176 g/mol. The van der Waals surface area contributed by atoms with Crippen LogP contribution in [0.1, 0.15) is 11.7 Å². The van der Waals surface area contributed by atoms with Crippen molar-refractivity contribution in [3.05, 3.63) is 36.0 Å². The van der Waals surface area contributed by atoms with E-state index < -0.39 is 6.10 Å². The highest BCUT2D eigenvalue weighted by atomic mass is 16.3. The molecule has 2 rings (SSSR count). The minimum absolute atomic E-state index is 0.256. The standard InChI is InChI=1S/C10H12N2O/c11-6-10(13)8-2-1-7-3-4-12-9(7)5-8/h1-5,10,12-13H,6,11H2. The topological polar surface area (TPSA) is 62.0 Å². The van der Waals surface area contributed by atoms with Gasteiger partial charge in [0.15, 0.2) is 0 Å². The highest BCUT2D eigenvalue weighted by Gasteiger charge is 2.05. The summed E-state index contributed by atoms with van der Waals surface area (Å²) in [6.45, 7) is 0.256. The number of fused-ring (bicyclic) bond motifs is 1. The first-order chi connectivity index (χ1) is 6.31. The van der Waals surface area contributed by atoms with Crippen molar-refractivity contribution in [3.63, 3.8) is 0 Å². The molecule has 0 amide bonds. The number of nitrogens with one attached hydrogen (secondary N) is 1. The molecule has 0 fully saturated rings. The van der Waals surface area contributed by atoms with Gasteiger partial charge in [0.05, 0.1) is 6.10 Å². The Morgan fingerprint density at radius 1 is 1.38 bits per heavy atom. The van der Waals surface area contributed by atoms with E-state index in [1.807, 2.05) is 30.5 Å². The van der Waals surface area contributed by atoms with E-state index in [1.54, 1.807) is 0 Å². The third-order valence-electron chi connectivity index (χ3n) is 2.19. The first-order valence-corrected chi connectivity index (χ1v) is 4.26. The van der Waals surface area contributed by atoms with Gasteiger partial charge in [-0.1, -0.05) is 12.1 Å². The molecule has 0 radical (unpaired) electrons. The van der Waals surface area contributed by atoms with Crippen molar-refractivity contribution < 1.29 is 5.11 Å². The van der Waals surface area contributed by atoms with E-state index in [0.717, 1.165) is 16.5 Å². The number of aromatic nitrogens is 1. The lowest BCUT2D eigenvalue weighted by molar-refractivity contribution is 0.187. The fourth-order valence-corrected chi connectivity index (χ4v) is 1.41. The van der Waals surface area contributed by atoms with E-state index in [-0.39, 0.29) is 6.54 Å². The lowest BCUT2D eigenvalue weighted by atomic mass is 10.1. The molecule has 0 aliphatic rings. The number of benzene rings is 1. The molecule has 1 aromatic heterocycles. The fraction of sp³-hybridized carbons (Fsp3) is 0.200. The summed E-state index contributed by atoms with van der Waals surface area (Å²) in [5, 5.41) is 10.6. The van der Waals surface area contributed by atoms with Crippen LogP contribution in [0.5, 0.6) is 0 Å². The van der Waals surface area contributed by atoms with Crippen molar-refractivity contribution in [2.24, 2.45) is 5.73 Å². The molecule has 13 heavy (non-hydrogen) atoms. The van der Waals surface area contributed by atoms with E-state index in [9.17, 15) is 5.11 Å². The van der Waals surface area contributed by atoms with Crippen LogP contribution in [0.15, 0.2) is 30.5 Å². The molecule has 3 heteroatoms. The van der Waals surface area contributed by atoms with Crippen molar-refractivity contribution in [2.45, 2.75) is 6.10 Å². The molecule has 1 atom stereocenters. The highest BCUT2D eigenvalue weighted by Crippen LogP contribution is 2.18. The summed E-state index contributed by atoms with van der Waals surface area (Å²) in [4.78, 5) is 3.09. The SMILES string of the molecule is NCC(O)c1ccc2cc[nH]c2c1. The van der Waals surface area contributed by atoms with Gasteiger partial charge in [-0.2, -0.15) is 0 Å². The number of aliphatic hydroxyl groups excluding tert-OH is 1. The van der Waals surface area contributed by atoms with E-state index >= 15 is 0 Å². The summed E-state index contributed by atoms with van der Waals surface area (Å²) >= 11 is 0. The number of rotatable bonds is 2. The third-order valence-corrected chi connectivity index (χ3v) is 2.19. The minimum Gasteiger partial charge on any atom is -0.387 e. The second kappa shape index (κ2) is 3.20. The van der Waals surface area contributed by atoms with Crippen molar-refractivity contribution in [1.29, 1.82) is 0 Å². The fourth-order valence-electron chi connectivity index (χ4n) is 1.41. The smallest absolute Gasteiger partial charge is 0.0912 e. The molecule has 0 spiro atoms. The van der Waals surface area contributed by atoms with Gasteiger partial charge in [0.2, 0.25) is 0 Å². The van der Waals surface area contributed by atoms with Crippen LogP contribution in [0, 0.1) is 0 Å². The lowest BCUT2D eigenvalue weighted by Gasteiger charge is -2.07. The minimum atomic E-state index is -0.562. The van der Waals surface area contributed by atoms with Crippen molar-refractivity contribution in [1.82, 2.24) is 4.98 Å². The largest absolute Gasteiger partial charge is 0.387 e. The summed E-state index contributed by atoms with van der Waals surface area (Å²) in [5.41, 5.74) is 7.25. The summed E-state index contributed by atoms with van der Waals surface area (Å²) in [6.07, 6.45) is 1.32. The van der Waals surface area contributed by atoms with Crippen LogP contribution in [-0.4, -0.2) is 16.6 Å². The monoisotopic (exact) mass is 176 g/mol. The summed E-state index contributed by atoms with van der Waals surface area (Å²) in [6, 6.07) is 7.79. The average Bonchev–Trinajstić information content (AvgIpc) is 2.63. The number of H-pyrrole nitrogens is 1. The van der Waals surface area contributed by atoms with Crippen molar-refractivity contribution in [2.75, 3.05) is 6.54 Å². The van der Waals surface area contributed by atoms with Crippen LogP contribution in [0.2, 0.25) is 0 Å². The van der Waals surface area contributed by atoms with Crippen LogP contribution in [-0.2, 0) is 0 Å². The molecule has 1 aromatic carbocycles. The van der Waals surface area contributed by atoms with E-state index in [1.165, 1.54) is 0 Å². The second-order valence-electron chi connectivity index (χ2n) is 3.08. The quantitative estimate of drug-likeness (QED) is 0.643. The molecule has 68 valence electrons. The van der Waals surface area contributed by atoms with Gasteiger partial charge in [-0.25, -0.2) is 0 Å². The molecule has 2 aromatic rings. The first kappa shape index (κ1) is 8.29. The Morgan fingerprint density at radius 3 is 3.00 bits per heavy atom. The van der Waals surface area contributed by atoms with Crippen molar-refractivity contribution >= 4 is 10.9 Å². The molecular weight excluding hydrogens is 164 g/mol. The number of aliphatic hydroxyl groups is 1. The Morgan fingerprint density at radius 2 is 2.23 bits per heavy atom. The summed E-state index contributed by atoms with van der Waals surface area (Å²) in [7, 11) is 0. The maximum absolute atomic E-state index is 9.49. The molecule has 1 heterocycles. The van der Waals surface area contributed by atoms with Gasteiger partial charge in [-0.3, -0.25) is 0 Å². The lowest BCUT2D eigenvalue weighted by Crippen LogP contribution is -2.11. The number of hydrogen-bond acceptors (Lipinski definition) is 2. The van der Waals surface area contributed by atoms with Crippen LogP contribution in [0.25, 0.3) is 10.9 Å².